The van der Waals surface area contributed by atoms with Crippen LogP contribution in [0.2, 0.25) is 0 Å². The fraction of sp³-hybridized carbons (Fsp3) is 0.588. The smallest absolute Gasteiger partial charge is 0.251 e. The van der Waals surface area contributed by atoms with Crippen molar-refractivity contribution in [3.05, 3.63) is 29.8 Å². The van der Waals surface area contributed by atoms with Gasteiger partial charge in [0.05, 0.1) is 0 Å². The molecule has 4 bridgehead atoms. The first kappa shape index (κ1) is 13.1. The molecule has 112 valence electrons. The number of phenols is 1. The molecule has 4 aliphatic rings. The lowest BCUT2D eigenvalue weighted by molar-refractivity contribution is -0.0321. The molecule has 4 aliphatic carbocycles. The summed E-state index contributed by atoms with van der Waals surface area (Å²) in [6.07, 6.45) is 6.54. The second-order valence-corrected chi connectivity index (χ2v) is 7.61. The Morgan fingerprint density at radius 2 is 1.95 bits per heavy atom. The molecule has 0 aliphatic heterocycles. The molecule has 1 aromatic rings. The number of nitrogens with one attached hydrogen (secondary N) is 1. The van der Waals surface area contributed by atoms with Crippen molar-refractivity contribution in [1.82, 2.24) is 5.32 Å². The van der Waals surface area contributed by atoms with Crippen LogP contribution in [-0.2, 0) is 0 Å². The van der Waals surface area contributed by atoms with Gasteiger partial charge in [-0.1, -0.05) is 6.07 Å². The summed E-state index contributed by atoms with van der Waals surface area (Å²) in [6.45, 7) is 0. The minimum Gasteiger partial charge on any atom is -0.508 e. The molecule has 4 heteroatoms. The van der Waals surface area contributed by atoms with Crippen molar-refractivity contribution in [1.29, 1.82) is 0 Å². The zero-order chi connectivity index (χ0) is 14.7. The van der Waals surface area contributed by atoms with Crippen LogP contribution < -0.4 is 11.1 Å². The van der Waals surface area contributed by atoms with Gasteiger partial charge in [0.1, 0.15) is 5.75 Å². The predicted octanol–water partition coefficient (Wildman–Crippen LogP) is 2.17. The zero-order valence-corrected chi connectivity index (χ0v) is 12.1. The summed E-state index contributed by atoms with van der Waals surface area (Å²) in [7, 11) is 0. The van der Waals surface area contributed by atoms with Crippen molar-refractivity contribution in [3.8, 4) is 5.75 Å². The number of nitrogens with two attached hydrogens (primary N) is 1. The SMILES string of the molecule is NC12CC3CC(C1)CC(NC(=O)c1cccc(O)c1)(C3)C2. The van der Waals surface area contributed by atoms with Crippen LogP contribution in [0, 0.1) is 11.8 Å². The lowest BCUT2D eigenvalue weighted by atomic mass is 9.50. The number of carbonyl (C=O) groups is 1. The van der Waals surface area contributed by atoms with Crippen molar-refractivity contribution >= 4 is 5.91 Å². The van der Waals surface area contributed by atoms with Crippen LogP contribution >= 0.6 is 0 Å². The number of phenolic OH excluding ortho intramolecular Hbond substituents is 1. The fourth-order valence-corrected chi connectivity index (χ4v) is 5.44. The quantitative estimate of drug-likeness (QED) is 0.780. The highest BCUT2D eigenvalue weighted by atomic mass is 16.3. The number of carbonyl (C=O) groups excluding carboxylic acids is 1. The van der Waals surface area contributed by atoms with Crippen LogP contribution in [0.4, 0.5) is 0 Å². The second kappa shape index (κ2) is 4.23. The Bertz CT molecular complexity index is 584. The Labute approximate surface area is 124 Å². The van der Waals surface area contributed by atoms with Crippen LogP contribution in [0.1, 0.15) is 48.9 Å². The number of hydrogen-bond acceptors (Lipinski definition) is 3. The molecule has 1 aromatic carbocycles. The summed E-state index contributed by atoms with van der Waals surface area (Å²) in [5.41, 5.74) is 6.88. The van der Waals surface area contributed by atoms with E-state index in [1.807, 2.05) is 0 Å². The summed E-state index contributed by atoms with van der Waals surface area (Å²) in [5.74, 6) is 1.38. The van der Waals surface area contributed by atoms with E-state index in [1.165, 1.54) is 12.5 Å². The van der Waals surface area contributed by atoms with E-state index in [1.54, 1.807) is 18.2 Å². The summed E-state index contributed by atoms with van der Waals surface area (Å²) < 4.78 is 0. The van der Waals surface area contributed by atoms with Crippen molar-refractivity contribution in [2.45, 2.75) is 49.6 Å². The Hall–Kier alpha value is -1.55. The molecule has 4 nitrogen and oxygen atoms in total. The van der Waals surface area contributed by atoms with E-state index < -0.39 is 0 Å². The predicted molar refractivity (Wildman–Crippen MR) is 79.9 cm³/mol. The van der Waals surface area contributed by atoms with E-state index >= 15 is 0 Å². The van der Waals surface area contributed by atoms with Crippen LogP contribution in [-0.4, -0.2) is 22.1 Å². The standard InChI is InChI=1S/C17H22N2O2/c18-16-6-11-4-12(7-16)9-17(8-11,10-16)19-15(21)13-2-1-3-14(20)5-13/h1-3,5,11-12,20H,4,6-10,18H2,(H,19,21). The molecule has 5 rings (SSSR count). The average Bonchev–Trinajstić information content (AvgIpc) is 2.34. The molecule has 0 spiro atoms. The normalized spacial score (nSPS) is 40.2. The third kappa shape index (κ3) is 2.22. The zero-order valence-electron chi connectivity index (χ0n) is 12.1. The third-order valence-corrected chi connectivity index (χ3v) is 5.59. The lowest BCUT2D eigenvalue weighted by Gasteiger charge is -2.61. The van der Waals surface area contributed by atoms with Crippen LogP contribution in [0.25, 0.3) is 0 Å². The van der Waals surface area contributed by atoms with Gasteiger partial charge in [0.25, 0.3) is 5.91 Å². The molecule has 0 radical (unpaired) electrons. The van der Waals surface area contributed by atoms with E-state index in [0.29, 0.717) is 17.4 Å². The van der Waals surface area contributed by atoms with E-state index in [9.17, 15) is 9.90 Å². The van der Waals surface area contributed by atoms with Gasteiger partial charge in [-0.15, -0.1) is 0 Å². The lowest BCUT2D eigenvalue weighted by Crippen LogP contribution is -2.68. The molecule has 4 saturated carbocycles. The minimum atomic E-state index is -0.124. The molecule has 21 heavy (non-hydrogen) atoms. The first-order valence-electron chi connectivity index (χ1n) is 7.86. The van der Waals surface area contributed by atoms with E-state index in [0.717, 1.165) is 32.1 Å². The summed E-state index contributed by atoms with van der Waals surface area (Å²) in [6, 6.07) is 6.55. The molecule has 4 fully saturated rings. The van der Waals surface area contributed by atoms with Crippen molar-refractivity contribution in [3.63, 3.8) is 0 Å². The largest absolute Gasteiger partial charge is 0.508 e. The Morgan fingerprint density at radius 1 is 1.24 bits per heavy atom. The number of hydrogen-bond donors (Lipinski definition) is 3. The van der Waals surface area contributed by atoms with Crippen LogP contribution in [0.15, 0.2) is 24.3 Å². The maximum Gasteiger partial charge on any atom is 0.251 e. The number of aromatic hydroxyl groups is 1. The second-order valence-electron chi connectivity index (χ2n) is 7.61. The van der Waals surface area contributed by atoms with Gasteiger partial charge in [0.2, 0.25) is 0 Å². The fourth-order valence-electron chi connectivity index (χ4n) is 5.44. The van der Waals surface area contributed by atoms with Gasteiger partial charge < -0.3 is 16.2 Å². The molecule has 2 unspecified atom stereocenters. The van der Waals surface area contributed by atoms with Gasteiger partial charge >= 0.3 is 0 Å². The number of benzene rings is 1. The van der Waals surface area contributed by atoms with Crippen molar-refractivity contribution in [2.75, 3.05) is 0 Å². The summed E-state index contributed by atoms with van der Waals surface area (Å²) in [5, 5.41) is 12.8. The van der Waals surface area contributed by atoms with Crippen LogP contribution in [0.3, 0.4) is 0 Å². The monoisotopic (exact) mass is 286 g/mol. The molecular formula is C17H22N2O2. The first-order chi connectivity index (χ1) is 9.95. The molecule has 0 aromatic heterocycles. The summed E-state index contributed by atoms with van der Waals surface area (Å²) >= 11 is 0. The first-order valence-corrected chi connectivity index (χ1v) is 7.86. The van der Waals surface area contributed by atoms with E-state index in [2.05, 4.69) is 5.32 Å². The van der Waals surface area contributed by atoms with Gasteiger partial charge in [0, 0.05) is 16.6 Å². The third-order valence-electron chi connectivity index (χ3n) is 5.59. The summed E-state index contributed by atoms with van der Waals surface area (Å²) in [4.78, 5) is 12.5. The van der Waals surface area contributed by atoms with E-state index in [4.69, 9.17) is 5.73 Å². The Balaban J connectivity index is 1.58. The molecule has 0 saturated heterocycles. The number of rotatable bonds is 2. The Morgan fingerprint density at radius 3 is 2.57 bits per heavy atom. The molecule has 2 atom stereocenters. The highest BCUT2D eigenvalue weighted by Gasteiger charge is 2.56. The van der Waals surface area contributed by atoms with Crippen molar-refractivity contribution < 1.29 is 9.90 Å². The molecule has 0 heterocycles. The number of amides is 1. The van der Waals surface area contributed by atoms with Gasteiger partial charge in [-0.05, 0) is 68.6 Å². The maximum absolute atomic E-state index is 12.5. The van der Waals surface area contributed by atoms with E-state index in [-0.39, 0.29) is 22.7 Å². The van der Waals surface area contributed by atoms with Gasteiger partial charge in [0.15, 0.2) is 0 Å². The van der Waals surface area contributed by atoms with Crippen molar-refractivity contribution in [2.24, 2.45) is 17.6 Å². The maximum atomic E-state index is 12.5. The molecule has 4 N–H and O–H groups in total. The molecular weight excluding hydrogens is 264 g/mol. The topological polar surface area (TPSA) is 75.3 Å². The van der Waals surface area contributed by atoms with Gasteiger partial charge in [-0.25, -0.2) is 0 Å². The van der Waals surface area contributed by atoms with Gasteiger partial charge in [-0.3, -0.25) is 4.79 Å². The Kier molecular flexibility index (Phi) is 2.65. The molecule has 1 amide bonds. The average molecular weight is 286 g/mol. The minimum absolute atomic E-state index is 0.0732. The van der Waals surface area contributed by atoms with Gasteiger partial charge in [-0.2, -0.15) is 0 Å². The highest BCUT2D eigenvalue weighted by Crippen LogP contribution is 2.56. The van der Waals surface area contributed by atoms with Crippen LogP contribution in [0.5, 0.6) is 5.75 Å². The highest BCUT2D eigenvalue weighted by molar-refractivity contribution is 5.95.